The maximum Gasteiger partial charge on any atom is 0.407 e. The lowest BCUT2D eigenvalue weighted by atomic mass is 9.98. The summed E-state index contributed by atoms with van der Waals surface area (Å²) in [4.78, 5) is 37.6. The summed E-state index contributed by atoms with van der Waals surface area (Å²) < 4.78 is 10.7. The smallest absolute Gasteiger partial charge is 0.407 e. The van der Waals surface area contributed by atoms with Gasteiger partial charge in [-0.1, -0.05) is 48.5 Å². The molecule has 0 saturated carbocycles. The minimum Gasteiger partial charge on any atom is -0.480 e. The van der Waals surface area contributed by atoms with Gasteiger partial charge in [-0.15, -0.1) is 11.8 Å². The van der Waals surface area contributed by atoms with Gasteiger partial charge in [0, 0.05) is 25.4 Å². The van der Waals surface area contributed by atoms with Crippen molar-refractivity contribution in [3.63, 3.8) is 0 Å². The highest BCUT2D eigenvalue weighted by molar-refractivity contribution is 5.87. The molecular weight excluding hydrogens is 436 g/mol. The summed E-state index contributed by atoms with van der Waals surface area (Å²) in [6, 6.07) is 15.3. The van der Waals surface area contributed by atoms with Crippen LogP contribution in [0.3, 0.4) is 0 Å². The Morgan fingerprint density at radius 3 is 2.29 bits per heavy atom. The van der Waals surface area contributed by atoms with Crippen LogP contribution in [0.1, 0.15) is 30.4 Å². The first kappa shape index (κ1) is 23.3. The van der Waals surface area contributed by atoms with Gasteiger partial charge in [-0.25, -0.2) is 9.59 Å². The van der Waals surface area contributed by atoms with E-state index < -0.39 is 24.7 Å². The van der Waals surface area contributed by atoms with Gasteiger partial charge in [-0.05, 0) is 29.2 Å². The van der Waals surface area contributed by atoms with E-state index in [1.165, 1.54) is 4.90 Å². The Morgan fingerprint density at radius 2 is 1.71 bits per heavy atom. The molecule has 1 saturated heterocycles. The number of hydrogen-bond donors (Lipinski definition) is 2. The first-order chi connectivity index (χ1) is 16.5. The van der Waals surface area contributed by atoms with Crippen molar-refractivity contribution < 1.29 is 29.0 Å². The third kappa shape index (κ3) is 5.05. The highest BCUT2D eigenvalue weighted by atomic mass is 16.5. The maximum absolute atomic E-state index is 12.9. The van der Waals surface area contributed by atoms with Gasteiger partial charge < -0.3 is 24.8 Å². The molecule has 2 aromatic carbocycles. The number of likely N-dealkylation sites (tertiary alicyclic amines) is 1. The molecule has 1 aliphatic heterocycles. The maximum atomic E-state index is 12.9. The fraction of sp³-hybridized carbons (Fsp3) is 0.346. The van der Waals surface area contributed by atoms with Crippen molar-refractivity contribution in [2.24, 2.45) is 0 Å². The van der Waals surface area contributed by atoms with E-state index in [0.29, 0.717) is 0 Å². The number of benzene rings is 2. The van der Waals surface area contributed by atoms with E-state index in [0.717, 1.165) is 22.3 Å². The standard InChI is InChI=1S/C26H26N2O6/c1-2-3-12-23(25(31)28-13-17(14-28)33-16-24(29)30)27-26(32)34-15-22-20-10-6-4-8-18(20)19-9-5-7-11-21(19)22/h4-11,17,22-23H,12-16H2,1H3,(H,27,32)(H,29,30). The van der Waals surface area contributed by atoms with Crippen molar-refractivity contribution in [3.8, 4) is 23.0 Å². The van der Waals surface area contributed by atoms with Crippen LogP contribution in [0, 0.1) is 11.8 Å². The lowest BCUT2D eigenvalue weighted by Gasteiger charge is -2.40. The fourth-order valence-electron chi connectivity index (χ4n) is 4.32. The SMILES string of the molecule is CC#CCC(NC(=O)OCC1c2ccccc2-c2ccccc21)C(=O)N1CC(OCC(=O)O)C1. The van der Waals surface area contributed by atoms with Crippen molar-refractivity contribution >= 4 is 18.0 Å². The number of amides is 2. The highest BCUT2D eigenvalue weighted by Gasteiger charge is 2.36. The molecule has 4 rings (SSSR count). The van der Waals surface area contributed by atoms with Crippen molar-refractivity contribution in [1.29, 1.82) is 0 Å². The summed E-state index contributed by atoms with van der Waals surface area (Å²) in [5.74, 6) is 4.14. The molecule has 2 N–H and O–H groups in total. The van der Waals surface area contributed by atoms with E-state index in [2.05, 4.69) is 29.3 Å². The summed E-state index contributed by atoms with van der Waals surface area (Å²) in [5.41, 5.74) is 4.48. The molecule has 1 fully saturated rings. The lowest BCUT2D eigenvalue weighted by Crippen LogP contribution is -2.60. The number of ether oxygens (including phenoxy) is 2. The van der Waals surface area contributed by atoms with Crippen molar-refractivity contribution in [2.75, 3.05) is 26.3 Å². The molecule has 0 spiro atoms. The van der Waals surface area contributed by atoms with Gasteiger partial charge in [0.15, 0.2) is 0 Å². The van der Waals surface area contributed by atoms with Gasteiger partial charge in [0.05, 0.1) is 6.10 Å². The van der Waals surface area contributed by atoms with E-state index in [-0.39, 0.29) is 44.0 Å². The minimum absolute atomic E-state index is 0.0785. The van der Waals surface area contributed by atoms with Gasteiger partial charge in [-0.2, -0.15) is 0 Å². The molecule has 1 atom stereocenters. The number of carbonyl (C=O) groups is 3. The van der Waals surface area contributed by atoms with Crippen molar-refractivity contribution in [3.05, 3.63) is 59.7 Å². The van der Waals surface area contributed by atoms with E-state index in [1.807, 2.05) is 36.4 Å². The Kier molecular flexibility index (Phi) is 7.14. The van der Waals surface area contributed by atoms with Gasteiger partial charge in [0.1, 0.15) is 19.3 Å². The summed E-state index contributed by atoms with van der Waals surface area (Å²) in [5, 5.41) is 11.3. The molecule has 2 aromatic rings. The average molecular weight is 463 g/mol. The molecule has 8 heteroatoms. The number of carboxylic acids is 1. The van der Waals surface area contributed by atoms with Crippen LogP contribution in [0.4, 0.5) is 4.79 Å². The topological polar surface area (TPSA) is 105 Å². The second kappa shape index (κ2) is 10.4. The molecule has 1 heterocycles. The Bertz CT molecular complexity index is 1100. The number of alkyl carbamates (subject to hydrolysis) is 1. The quantitative estimate of drug-likeness (QED) is 0.585. The molecule has 34 heavy (non-hydrogen) atoms. The van der Waals surface area contributed by atoms with Gasteiger partial charge >= 0.3 is 12.1 Å². The number of nitrogens with one attached hydrogen (secondary N) is 1. The third-order valence-electron chi connectivity index (χ3n) is 6.02. The second-order valence-electron chi connectivity index (χ2n) is 8.22. The van der Waals surface area contributed by atoms with Crippen LogP contribution in [0.2, 0.25) is 0 Å². The molecule has 0 bridgehead atoms. The number of hydrogen-bond acceptors (Lipinski definition) is 5. The highest BCUT2D eigenvalue weighted by Crippen LogP contribution is 2.44. The van der Waals surface area contributed by atoms with Gasteiger partial charge in [0.2, 0.25) is 5.91 Å². The molecule has 2 aliphatic rings. The molecule has 1 unspecified atom stereocenters. The summed E-state index contributed by atoms with van der Waals surface area (Å²) in [6.45, 7) is 1.95. The van der Waals surface area contributed by atoms with Gasteiger partial charge in [-0.3, -0.25) is 4.79 Å². The number of carboxylic acid groups (broad SMARTS) is 1. The van der Waals surface area contributed by atoms with Crippen molar-refractivity contribution in [2.45, 2.75) is 31.4 Å². The first-order valence-electron chi connectivity index (χ1n) is 11.1. The molecule has 176 valence electrons. The molecule has 1 aliphatic carbocycles. The number of rotatable bonds is 8. The third-order valence-corrected chi connectivity index (χ3v) is 6.02. The molecule has 8 nitrogen and oxygen atoms in total. The fourth-order valence-corrected chi connectivity index (χ4v) is 4.32. The van der Waals surface area contributed by atoms with E-state index in [4.69, 9.17) is 14.6 Å². The molecular formula is C26H26N2O6. The zero-order valence-electron chi connectivity index (χ0n) is 18.8. The van der Waals surface area contributed by atoms with Crippen LogP contribution in [-0.4, -0.2) is 66.4 Å². The molecule has 0 radical (unpaired) electrons. The van der Waals surface area contributed by atoms with Crippen LogP contribution in [-0.2, 0) is 19.1 Å². The number of nitrogens with zero attached hydrogens (tertiary/aromatic N) is 1. The van der Waals surface area contributed by atoms with Crippen LogP contribution in [0.15, 0.2) is 48.5 Å². The van der Waals surface area contributed by atoms with E-state index >= 15 is 0 Å². The predicted octanol–water partition coefficient (Wildman–Crippen LogP) is 2.62. The Labute approximate surface area is 197 Å². The van der Waals surface area contributed by atoms with Crippen LogP contribution in [0.5, 0.6) is 0 Å². The number of carbonyl (C=O) groups excluding carboxylic acids is 2. The Morgan fingerprint density at radius 1 is 1.09 bits per heavy atom. The zero-order chi connectivity index (χ0) is 24.1. The van der Waals surface area contributed by atoms with Crippen molar-refractivity contribution in [1.82, 2.24) is 10.2 Å². The van der Waals surface area contributed by atoms with E-state index in [9.17, 15) is 14.4 Å². The summed E-state index contributed by atoms with van der Waals surface area (Å²) >= 11 is 0. The molecule has 0 aromatic heterocycles. The number of aliphatic carboxylic acids is 1. The van der Waals surface area contributed by atoms with E-state index in [1.54, 1.807) is 6.92 Å². The second-order valence-corrected chi connectivity index (χ2v) is 8.22. The van der Waals surface area contributed by atoms with Crippen LogP contribution >= 0.6 is 0 Å². The van der Waals surface area contributed by atoms with Crippen LogP contribution < -0.4 is 5.32 Å². The summed E-state index contributed by atoms with van der Waals surface area (Å²) in [7, 11) is 0. The molecule has 2 amide bonds. The van der Waals surface area contributed by atoms with Crippen LogP contribution in [0.25, 0.3) is 11.1 Å². The zero-order valence-corrected chi connectivity index (χ0v) is 18.8. The normalized spacial score (nSPS) is 15.3. The largest absolute Gasteiger partial charge is 0.480 e. The Balaban J connectivity index is 1.35. The number of fused-ring (bicyclic) bond motifs is 3. The monoisotopic (exact) mass is 462 g/mol. The Hall–Kier alpha value is -3.83. The minimum atomic E-state index is -1.06. The summed E-state index contributed by atoms with van der Waals surface area (Å²) in [6.07, 6.45) is -0.860. The lowest BCUT2D eigenvalue weighted by molar-refractivity contribution is -0.155. The predicted molar refractivity (Wildman–Crippen MR) is 124 cm³/mol. The van der Waals surface area contributed by atoms with Gasteiger partial charge in [0.25, 0.3) is 0 Å². The average Bonchev–Trinajstić information content (AvgIpc) is 3.12. The first-order valence-corrected chi connectivity index (χ1v) is 11.1.